The molecule has 0 amide bonds. The maximum Gasteiger partial charge on any atom is 0.416 e. The number of halogens is 4. The van der Waals surface area contributed by atoms with Crippen molar-refractivity contribution < 1.29 is 17.9 Å². The molecular weight excluding hydrogens is 502 g/mol. The van der Waals surface area contributed by atoms with E-state index in [1.165, 1.54) is 28.5 Å². The Bertz CT molecular complexity index is 1030. The van der Waals surface area contributed by atoms with Crippen LogP contribution in [-0.4, -0.2) is 3.51 Å². The normalized spacial score (nSPS) is 12.4. The minimum Gasteiger partial charge on any atom is -0.455 e. The molecule has 0 aromatic heterocycles. The summed E-state index contributed by atoms with van der Waals surface area (Å²) in [5.41, 5.74) is 7.28. The fraction of sp³-hybridized carbons (Fsp3) is 0.208. The van der Waals surface area contributed by atoms with E-state index >= 15 is 0 Å². The van der Waals surface area contributed by atoms with E-state index in [1.54, 1.807) is 21.7 Å². The molecule has 0 aliphatic rings. The van der Waals surface area contributed by atoms with Crippen molar-refractivity contribution in [2.45, 2.75) is 32.9 Å². The van der Waals surface area contributed by atoms with E-state index in [2.05, 4.69) is 26.0 Å². The first-order valence-corrected chi connectivity index (χ1v) is 11.7. The lowest BCUT2D eigenvalue weighted by Crippen LogP contribution is -2.04. The van der Waals surface area contributed by atoms with Crippen molar-refractivity contribution in [3.8, 4) is 22.6 Å². The largest absolute Gasteiger partial charge is 0.455 e. The Morgan fingerprint density at radius 2 is 1.57 bits per heavy atom. The van der Waals surface area contributed by atoms with Gasteiger partial charge < -0.3 is 10.5 Å². The highest BCUT2D eigenvalue weighted by molar-refractivity contribution is 14.2. The maximum atomic E-state index is 12.7. The second-order valence-electron chi connectivity index (χ2n) is 6.90. The molecule has 0 saturated heterocycles. The lowest BCUT2D eigenvalue weighted by molar-refractivity contribution is -0.137. The van der Waals surface area contributed by atoms with Gasteiger partial charge in [0.25, 0.3) is 0 Å². The average Bonchev–Trinajstić information content (AvgIpc) is 2.70. The molecule has 2 N–H and O–H groups in total. The van der Waals surface area contributed by atoms with Crippen LogP contribution in [0.25, 0.3) is 11.1 Å². The molecule has 158 valence electrons. The van der Waals surface area contributed by atoms with Gasteiger partial charge in [-0.05, 0) is 76.5 Å². The van der Waals surface area contributed by atoms with Gasteiger partial charge >= 0.3 is 6.18 Å². The molecule has 0 bridgehead atoms. The van der Waals surface area contributed by atoms with Crippen LogP contribution < -0.4 is 10.5 Å². The van der Waals surface area contributed by atoms with Gasteiger partial charge in [0, 0.05) is 3.57 Å². The average molecular weight is 525 g/mol. The van der Waals surface area contributed by atoms with Gasteiger partial charge in [-0.1, -0.05) is 52.3 Å². The molecule has 0 saturated carbocycles. The number of anilines is 1. The maximum absolute atomic E-state index is 12.7. The summed E-state index contributed by atoms with van der Waals surface area (Å²) in [6.07, 6.45) is -2.00. The number of ether oxygens (including phenoxy) is 1. The molecule has 0 aliphatic carbocycles. The van der Waals surface area contributed by atoms with E-state index in [-0.39, 0.29) is 20.7 Å². The zero-order valence-corrected chi connectivity index (χ0v) is 18.9. The number of hydrogen-bond donors (Lipinski definition) is 1. The SMILES string of the molecule is CCCC(C)=Ic1ccc(Oc2ccc(-c3ccc(C(F)(F)F)cc3)cc2N)cc1. The summed E-state index contributed by atoms with van der Waals surface area (Å²) in [5.74, 6) is 1.21. The first-order valence-electron chi connectivity index (χ1n) is 9.58. The summed E-state index contributed by atoms with van der Waals surface area (Å²) in [6, 6.07) is 18.3. The minimum absolute atomic E-state index is 0.0968. The zero-order chi connectivity index (χ0) is 21.7. The highest BCUT2D eigenvalue weighted by atomic mass is 127. The monoisotopic (exact) mass is 525 g/mol. The molecule has 3 rings (SSSR count). The predicted octanol–water partition coefficient (Wildman–Crippen LogP) is 7.88. The predicted molar refractivity (Wildman–Crippen MR) is 126 cm³/mol. The van der Waals surface area contributed by atoms with Gasteiger partial charge in [0.15, 0.2) is 0 Å². The molecule has 0 spiro atoms. The fourth-order valence-electron chi connectivity index (χ4n) is 2.94. The Balaban J connectivity index is 1.73. The van der Waals surface area contributed by atoms with Crippen LogP contribution in [0.15, 0.2) is 66.7 Å². The van der Waals surface area contributed by atoms with Crippen molar-refractivity contribution in [2.24, 2.45) is 0 Å². The van der Waals surface area contributed by atoms with Gasteiger partial charge in [-0.2, -0.15) is 13.2 Å². The smallest absolute Gasteiger partial charge is 0.416 e. The molecule has 6 heteroatoms. The summed E-state index contributed by atoms with van der Waals surface area (Å²) in [4.78, 5) is 0. The highest BCUT2D eigenvalue weighted by Crippen LogP contribution is 2.34. The summed E-state index contributed by atoms with van der Waals surface area (Å²) >= 11 is -0.0968. The van der Waals surface area contributed by atoms with E-state index < -0.39 is 11.7 Å². The van der Waals surface area contributed by atoms with Crippen LogP contribution in [0.5, 0.6) is 11.5 Å². The van der Waals surface area contributed by atoms with Crippen molar-refractivity contribution in [2.75, 3.05) is 5.73 Å². The van der Waals surface area contributed by atoms with Crippen LogP contribution in [0.1, 0.15) is 32.3 Å². The van der Waals surface area contributed by atoms with Gasteiger partial charge in [-0.15, -0.1) is 0 Å². The number of alkyl halides is 3. The Kier molecular flexibility index (Phi) is 7.18. The molecular formula is C24H23F3INO. The second kappa shape index (κ2) is 9.64. The van der Waals surface area contributed by atoms with Gasteiger partial charge in [-0.3, -0.25) is 0 Å². The number of nitrogens with two attached hydrogens (primary N) is 1. The Hall–Kier alpha value is -2.35. The first kappa shape index (κ1) is 22.3. The van der Waals surface area contributed by atoms with Crippen molar-refractivity contribution in [1.82, 2.24) is 0 Å². The lowest BCUT2D eigenvalue weighted by atomic mass is 10.0. The molecule has 0 radical (unpaired) electrons. The number of nitrogen functional groups attached to an aromatic ring is 1. The zero-order valence-electron chi connectivity index (χ0n) is 16.8. The van der Waals surface area contributed by atoms with Gasteiger partial charge in [0.2, 0.25) is 0 Å². The Morgan fingerprint density at radius 3 is 2.13 bits per heavy atom. The van der Waals surface area contributed by atoms with Crippen LogP contribution in [0, 0.1) is 3.57 Å². The third kappa shape index (κ3) is 5.84. The number of rotatable bonds is 6. The molecule has 0 atom stereocenters. The summed E-state index contributed by atoms with van der Waals surface area (Å²) < 4.78 is 47.0. The van der Waals surface area contributed by atoms with Crippen LogP contribution in [0.3, 0.4) is 0 Å². The molecule has 3 aromatic carbocycles. The molecule has 0 aliphatic heterocycles. The van der Waals surface area contributed by atoms with Crippen LogP contribution in [0.2, 0.25) is 0 Å². The number of benzene rings is 3. The molecule has 2 nitrogen and oxygen atoms in total. The van der Waals surface area contributed by atoms with E-state index in [4.69, 9.17) is 10.5 Å². The lowest BCUT2D eigenvalue weighted by Gasteiger charge is -2.11. The van der Waals surface area contributed by atoms with Gasteiger partial charge in [0.1, 0.15) is 11.5 Å². The molecule has 0 fully saturated rings. The van der Waals surface area contributed by atoms with E-state index in [1.807, 2.05) is 12.1 Å². The minimum atomic E-state index is -4.35. The van der Waals surface area contributed by atoms with E-state index in [0.717, 1.165) is 17.7 Å². The third-order valence-electron chi connectivity index (χ3n) is 4.46. The fourth-order valence-corrected chi connectivity index (χ4v) is 5.53. The molecule has 0 unspecified atom stereocenters. The van der Waals surface area contributed by atoms with Crippen molar-refractivity contribution >= 4 is 29.9 Å². The number of hydrogen-bond acceptors (Lipinski definition) is 2. The molecule has 0 heterocycles. The van der Waals surface area contributed by atoms with Crippen LogP contribution >= 0.6 is 20.7 Å². The van der Waals surface area contributed by atoms with Crippen molar-refractivity contribution in [3.05, 3.63) is 75.9 Å². The van der Waals surface area contributed by atoms with Gasteiger partial charge in [0.05, 0.1) is 11.3 Å². The Morgan fingerprint density at radius 1 is 0.933 bits per heavy atom. The Labute approximate surface area is 184 Å². The van der Waals surface area contributed by atoms with Gasteiger partial charge in [-0.25, -0.2) is 0 Å². The second-order valence-corrected chi connectivity index (χ2v) is 10.5. The summed E-state index contributed by atoms with van der Waals surface area (Å²) in [5, 5.41) is 0. The highest BCUT2D eigenvalue weighted by Gasteiger charge is 2.29. The van der Waals surface area contributed by atoms with Crippen molar-refractivity contribution in [1.29, 1.82) is 0 Å². The summed E-state index contributed by atoms with van der Waals surface area (Å²) in [7, 11) is 0. The van der Waals surface area contributed by atoms with E-state index in [9.17, 15) is 13.2 Å². The van der Waals surface area contributed by atoms with Crippen LogP contribution in [0.4, 0.5) is 18.9 Å². The first-order chi connectivity index (χ1) is 14.3. The van der Waals surface area contributed by atoms with Crippen molar-refractivity contribution in [3.63, 3.8) is 0 Å². The summed E-state index contributed by atoms with van der Waals surface area (Å²) in [6.45, 7) is 4.41. The molecule has 3 aromatic rings. The topological polar surface area (TPSA) is 35.2 Å². The standard InChI is InChI=1S/C24H23F3INO/c1-3-4-16(2)28-20-10-12-21(13-11-20)30-23-14-7-18(15-22(23)29)17-5-8-19(9-6-17)24(25,26)27/h5-15H,3-4,29H2,1-2H3. The molecule has 30 heavy (non-hydrogen) atoms. The van der Waals surface area contributed by atoms with E-state index in [0.29, 0.717) is 22.7 Å². The third-order valence-corrected chi connectivity index (χ3v) is 7.26. The quantitative estimate of drug-likeness (QED) is 0.263. The van der Waals surface area contributed by atoms with Crippen LogP contribution in [-0.2, 0) is 6.18 Å².